The normalized spacial score (nSPS) is 12.2. The lowest BCUT2D eigenvalue weighted by Crippen LogP contribution is -2.25. The number of hydrogen-bond acceptors (Lipinski definition) is 3. The number of nitrogens with zero attached hydrogens (tertiary/aromatic N) is 2. The summed E-state index contributed by atoms with van der Waals surface area (Å²) >= 11 is 0. The van der Waals surface area contributed by atoms with Gasteiger partial charge in [-0.1, -0.05) is 19.1 Å². The fraction of sp³-hybridized carbons (Fsp3) is 0.562. The SMILES string of the molecule is C=C(C)CN(CC)c1ccc(C(C)NCCC)nc1. The molecule has 3 nitrogen and oxygen atoms in total. The second-order valence-electron chi connectivity index (χ2n) is 5.09. The smallest absolute Gasteiger partial charge is 0.0572 e. The predicted molar refractivity (Wildman–Crippen MR) is 83.6 cm³/mol. The maximum Gasteiger partial charge on any atom is 0.0572 e. The Bertz CT molecular complexity index is 383. The van der Waals surface area contributed by atoms with Crippen LogP contribution in [0.25, 0.3) is 0 Å². The summed E-state index contributed by atoms with van der Waals surface area (Å²) in [5.74, 6) is 0. The van der Waals surface area contributed by atoms with Gasteiger partial charge in [-0.05, 0) is 45.9 Å². The van der Waals surface area contributed by atoms with Crippen LogP contribution in [-0.2, 0) is 0 Å². The highest BCUT2D eigenvalue weighted by atomic mass is 15.1. The zero-order valence-electron chi connectivity index (χ0n) is 12.7. The molecule has 0 aliphatic carbocycles. The van der Waals surface area contributed by atoms with E-state index in [-0.39, 0.29) is 0 Å². The Labute approximate surface area is 117 Å². The Morgan fingerprint density at radius 1 is 1.42 bits per heavy atom. The van der Waals surface area contributed by atoms with E-state index in [1.165, 1.54) is 5.57 Å². The van der Waals surface area contributed by atoms with E-state index in [4.69, 9.17) is 0 Å². The van der Waals surface area contributed by atoms with Crippen molar-refractivity contribution in [3.63, 3.8) is 0 Å². The van der Waals surface area contributed by atoms with Crippen molar-refractivity contribution in [1.29, 1.82) is 0 Å². The number of likely N-dealkylation sites (N-methyl/N-ethyl adjacent to an activating group) is 1. The van der Waals surface area contributed by atoms with E-state index >= 15 is 0 Å². The number of hydrogen-bond donors (Lipinski definition) is 1. The van der Waals surface area contributed by atoms with Crippen molar-refractivity contribution in [3.05, 3.63) is 36.2 Å². The number of rotatable bonds is 8. The minimum atomic E-state index is 0.310. The average molecular weight is 261 g/mol. The van der Waals surface area contributed by atoms with Gasteiger partial charge in [0.25, 0.3) is 0 Å². The van der Waals surface area contributed by atoms with Crippen molar-refractivity contribution in [2.24, 2.45) is 0 Å². The summed E-state index contributed by atoms with van der Waals surface area (Å²) in [6.45, 7) is 15.4. The van der Waals surface area contributed by atoms with E-state index in [0.717, 1.165) is 37.4 Å². The maximum absolute atomic E-state index is 4.57. The third-order valence-electron chi connectivity index (χ3n) is 3.12. The summed E-state index contributed by atoms with van der Waals surface area (Å²) < 4.78 is 0. The van der Waals surface area contributed by atoms with Crippen LogP contribution in [0.3, 0.4) is 0 Å². The molecule has 1 aromatic rings. The van der Waals surface area contributed by atoms with Gasteiger partial charge in [0.1, 0.15) is 0 Å². The molecule has 0 saturated heterocycles. The second kappa shape index (κ2) is 7.95. The third kappa shape index (κ3) is 5.03. The molecule has 0 saturated carbocycles. The predicted octanol–water partition coefficient (Wildman–Crippen LogP) is 3.54. The minimum absolute atomic E-state index is 0.310. The zero-order valence-corrected chi connectivity index (χ0v) is 12.7. The van der Waals surface area contributed by atoms with Gasteiger partial charge in [0, 0.05) is 19.1 Å². The van der Waals surface area contributed by atoms with E-state index in [2.05, 4.69) is 61.6 Å². The molecule has 3 heteroatoms. The molecule has 0 bridgehead atoms. The Kier molecular flexibility index (Phi) is 6.57. The van der Waals surface area contributed by atoms with Crippen LogP contribution in [0.5, 0.6) is 0 Å². The first kappa shape index (κ1) is 15.7. The average Bonchev–Trinajstić information content (AvgIpc) is 2.42. The van der Waals surface area contributed by atoms with Crippen LogP contribution in [0.15, 0.2) is 30.5 Å². The Morgan fingerprint density at radius 2 is 2.16 bits per heavy atom. The van der Waals surface area contributed by atoms with Gasteiger partial charge < -0.3 is 10.2 Å². The minimum Gasteiger partial charge on any atom is -0.367 e. The van der Waals surface area contributed by atoms with Gasteiger partial charge in [0.15, 0.2) is 0 Å². The van der Waals surface area contributed by atoms with Crippen molar-refractivity contribution >= 4 is 5.69 Å². The van der Waals surface area contributed by atoms with Crippen LogP contribution in [0.2, 0.25) is 0 Å². The van der Waals surface area contributed by atoms with Crippen LogP contribution in [0.4, 0.5) is 5.69 Å². The van der Waals surface area contributed by atoms with Crippen molar-refractivity contribution in [2.45, 2.75) is 40.2 Å². The molecule has 0 amide bonds. The molecule has 0 aliphatic heterocycles. The lowest BCUT2D eigenvalue weighted by atomic mass is 10.2. The standard InChI is InChI=1S/C16H27N3/c1-6-10-17-14(5)16-9-8-15(11-18-16)19(7-2)12-13(3)4/h8-9,11,14,17H,3,6-7,10,12H2,1-2,4-5H3. The highest BCUT2D eigenvalue weighted by Crippen LogP contribution is 2.17. The van der Waals surface area contributed by atoms with Gasteiger partial charge in [-0.2, -0.15) is 0 Å². The second-order valence-corrected chi connectivity index (χ2v) is 5.09. The van der Waals surface area contributed by atoms with E-state index in [1.807, 2.05) is 6.20 Å². The first-order valence-electron chi connectivity index (χ1n) is 7.17. The molecule has 19 heavy (non-hydrogen) atoms. The summed E-state index contributed by atoms with van der Waals surface area (Å²) in [5.41, 5.74) is 3.43. The number of pyridine rings is 1. The molecular weight excluding hydrogens is 234 g/mol. The molecule has 1 heterocycles. The van der Waals surface area contributed by atoms with E-state index < -0.39 is 0 Å². The number of nitrogens with one attached hydrogen (secondary N) is 1. The Morgan fingerprint density at radius 3 is 2.63 bits per heavy atom. The lowest BCUT2D eigenvalue weighted by molar-refractivity contribution is 0.558. The third-order valence-corrected chi connectivity index (χ3v) is 3.12. The molecule has 0 aliphatic rings. The maximum atomic E-state index is 4.57. The summed E-state index contributed by atoms with van der Waals surface area (Å²) in [7, 11) is 0. The van der Waals surface area contributed by atoms with Crippen molar-refractivity contribution in [1.82, 2.24) is 10.3 Å². The van der Waals surface area contributed by atoms with Crippen LogP contribution >= 0.6 is 0 Å². The molecular formula is C16H27N3. The quantitative estimate of drug-likeness (QED) is 0.725. The van der Waals surface area contributed by atoms with E-state index in [0.29, 0.717) is 6.04 Å². The van der Waals surface area contributed by atoms with Crippen molar-refractivity contribution in [2.75, 3.05) is 24.5 Å². The molecule has 1 unspecified atom stereocenters. The van der Waals surface area contributed by atoms with Gasteiger partial charge in [-0.15, -0.1) is 0 Å². The molecule has 1 rings (SSSR count). The van der Waals surface area contributed by atoms with Crippen LogP contribution in [-0.4, -0.2) is 24.6 Å². The van der Waals surface area contributed by atoms with Gasteiger partial charge in [0.05, 0.1) is 17.6 Å². The molecule has 1 atom stereocenters. The fourth-order valence-corrected chi connectivity index (χ4v) is 2.02. The fourth-order valence-electron chi connectivity index (χ4n) is 2.02. The largest absolute Gasteiger partial charge is 0.367 e. The number of anilines is 1. The van der Waals surface area contributed by atoms with Crippen LogP contribution < -0.4 is 10.2 Å². The first-order chi connectivity index (χ1) is 9.08. The van der Waals surface area contributed by atoms with Crippen LogP contribution in [0.1, 0.15) is 45.9 Å². The van der Waals surface area contributed by atoms with Crippen molar-refractivity contribution in [3.8, 4) is 0 Å². The molecule has 1 N–H and O–H groups in total. The molecule has 0 spiro atoms. The molecule has 0 radical (unpaired) electrons. The Balaban J connectivity index is 2.71. The highest BCUT2D eigenvalue weighted by Gasteiger charge is 2.08. The lowest BCUT2D eigenvalue weighted by Gasteiger charge is -2.23. The van der Waals surface area contributed by atoms with Gasteiger partial charge in [-0.25, -0.2) is 0 Å². The Hall–Kier alpha value is -1.35. The first-order valence-corrected chi connectivity index (χ1v) is 7.17. The van der Waals surface area contributed by atoms with Gasteiger partial charge in [-0.3, -0.25) is 4.98 Å². The zero-order chi connectivity index (χ0) is 14.3. The highest BCUT2D eigenvalue weighted by molar-refractivity contribution is 5.45. The van der Waals surface area contributed by atoms with E-state index in [1.54, 1.807) is 0 Å². The summed E-state index contributed by atoms with van der Waals surface area (Å²) in [6, 6.07) is 4.58. The van der Waals surface area contributed by atoms with Gasteiger partial charge >= 0.3 is 0 Å². The topological polar surface area (TPSA) is 28.2 Å². The summed E-state index contributed by atoms with van der Waals surface area (Å²) in [6.07, 6.45) is 3.11. The summed E-state index contributed by atoms with van der Waals surface area (Å²) in [5, 5.41) is 3.45. The molecule has 106 valence electrons. The van der Waals surface area contributed by atoms with Gasteiger partial charge in [0.2, 0.25) is 0 Å². The molecule has 0 aromatic carbocycles. The van der Waals surface area contributed by atoms with Crippen molar-refractivity contribution < 1.29 is 0 Å². The van der Waals surface area contributed by atoms with Crippen LogP contribution in [0, 0.1) is 0 Å². The monoisotopic (exact) mass is 261 g/mol. The number of aromatic nitrogens is 1. The molecule has 0 fully saturated rings. The summed E-state index contributed by atoms with van der Waals surface area (Å²) in [4.78, 5) is 6.85. The van der Waals surface area contributed by atoms with E-state index in [9.17, 15) is 0 Å². The molecule has 1 aromatic heterocycles.